The monoisotopic (exact) mass is 288 g/mol. The zero-order valence-corrected chi connectivity index (χ0v) is 12.8. The molecule has 3 unspecified atom stereocenters. The van der Waals surface area contributed by atoms with Crippen LogP contribution in [0.2, 0.25) is 0 Å². The standard InChI is InChI=1S/C17H24N2O2/c1-12-10-15(14-7-3-4-8-16(14)18-12)17(20)19-9-5-6-13(11-19)21-2/h3-4,7-8,12-13,15,18H,5-6,9-11H2,1-2H3. The molecule has 114 valence electrons. The molecule has 1 N–H and O–H groups in total. The van der Waals surface area contributed by atoms with Crippen LogP contribution in [0.1, 0.15) is 37.7 Å². The van der Waals surface area contributed by atoms with Gasteiger partial charge in [-0.15, -0.1) is 0 Å². The Balaban J connectivity index is 1.81. The van der Waals surface area contributed by atoms with Gasteiger partial charge in [0.15, 0.2) is 0 Å². The van der Waals surface area contributed by atoms with Gasteiger partial charge in [-0.2, -0.15) is 0 Å². The summed E-state index contributed by atoms with van der Waals surface area (Å²) in [6.45, 7) is 3.74. The summed E-state index contributed by atoms with van der Waals surface area (Å²) in [5.41, 5.74) is 2.25. The zero-order valence-electron chi connectivity index (χ0n) is 12.8. The highest BCUT2D eigenvalue weighted by Gasteiger charge is 2.34. The molecule has 4 heteroatoms. The number of likely N-dealkylation sites (tertiary alicyclic amines) is 1. The molecule has 1 aromatic rings. The molecule has 0 saturated carbocycles. The minimum Gasteiger partial charge on any atom is -0.382 e. The van der Waals surface area contributed by atoms with E-state index in [0.717, 1.165) is 43.6 Å². The Labute approximate surface area is 126 Å². The van der Waals surface area contributed by atoms with Crippen molar-refractivity contribution >= 4 is 11.6 Å². The molecule has 1 amide bonds. The number of nitrogens with one attached hydrogen (secondary N) is 1. The summed E-state index contributed by atoms with van der Waals surface area (Å²) < 4.78 is 5.44. The first-order valence-electron chi connectivity index (χ1n) is 7.86. The van der Waals surface area contributed by atoms with Gasteiger partial charge in [-0.05, 0) is 37.8 Å². The number of carbonyl (C=O) groups is 1. The van der Waals surface area contributed by atoms with Crippen LogP contribution in [-0.2, 0) is 9.53 Å². The lowest BCUT2D eigenvalue weighted by molar-refractivity contribution is -0.136. The number of para-hydroxylation sites is 1. The lowest BCUT2D eigenvalue weighted by Gasteiger charge is -2.37. The summed E-state index contributed by atoms with van der Waals surface area (Å²) in [7, 11) is 1.74. The Morgan fingerprint density at radius 1 is 1.38 bits per heavy atom. The molecule has 0 spiro atoms. The van der Waals surface area contributed by atoms with Crippen molar-refractivity contribution in [3.05, 3.63) is 29.8 Å². The van der Waals surface area contributed by atoms with E-state index in [1.54, 1.807) is 7.11 Å². The van der Waals surface area contributed by atoms with Crippen LogP contribution in [0, 0.1) is 0 Å². The number of carbonyl (C=O) groups excluding carboxylic acids is 1. The minimum absolute atomic E-state index is 0.0203. The Bertz CT molecular complexity index is 517. The van der Waals surface area contributed by atoms with Crippen LogP contribution >= 0.6 is 0 Å². The number of anilines is 1. The number of hydrogen-bond donors (Lipinski definition) is 1. The predicted octanol–water partition coefficient (Wildman–Crippen LogP) is 2.61. The molecular formula is C17H24N2O2. The van der Waals surface area contributed by atoms with Gasteiger partial charge in [0.25, 0.3) is 0 Å². The van der Waals surface area contributed by atoms with Crippen molar-refractivity contribution in [2.75, 3.05) is 25.5 Å². The van der Waals surface area contributed by atoms with Gasteiger partial charge in [0, 0.05) is 31.9 Å². The van der Waals surface area contributed by atoms with E-state index in [0.29, 0.717) is 6.04 Å². The fourth-order valence-corrected chi connectivity index (χ4v) is 3.52. The van der Waals surface area contributed by atoms with E-state index < -0.39 is 0 Å². The van der Waals surface area contributed by atoms with Crippen molar-refractivity contribution in [1.82, 2.24) is 4.90 Å². The van der Waals surface area contributed by atoms with Gasteiger partial charge in [0.2, 0.25) is 5.91 Å². The van der Waals surface area contributed by atoms with Crippen molar-refractivity contribution < 1.29 is 9.53 Å². The Morgan fingerprint density at radius 3 is 3.00 bits per heavy atom. The van der Waals surface area contributed by atoms with Gasteiger partial charge in [0.1, 0.15) is 0 Å². The molecule has 2 aliphatic heterocycles. The maximum atomic E-state index is 13.0. The number of benzene rings is 1. The summed E-state index contributed by atoms with van der Waals surface area (Å²) in [4.78, 5) is 15.0. The second kappa shape index (κ2) is 6.06. The van der Waals surface area contributed by atoms with Crippen molar-refractivity contribution in [2.45, 2.75) is 44.2 Å². The third-order valence-electron chi connectivity index (χ3n) is 4.65. The second-order valence-electron chi connectivity index (χ2n) is 6.21. The topological polar surface area (TPSA) is 41.6 Å². The Kier molecular flexibility index (Phi) is 4.15. The summed E-state index contributed by atoms with van der Waals surface area (Å²) >= 11 is 0. The Hall–Kier alpha value is -1.55. The molecular weight excluding hydrogens is 264 g/mol. The number of amides is 1. The molecule has 0 bridgehead atoms. The van der Waals surface area contributed by atoms with Crippen LogP contribution < -0.4 is 5.32 Å². The van der Waals surface area contributed by atoms with E-state index in [2.05, 4.69) is 24.4 Å². The van der Waals surface area contributed by atoms with Gasteiger partial charge in [0.05, 0.1) is 12.0 Å². The Morgan fingerprint density at radius 2 is 2.19 bits per heavy atom. The van der Waals surface area contributed by atoms with Crippen LogP contribution in [0.4, 0.5) is 5.69 Å². The number of methoxy groups -OCH3 is 1. The first kappa shape index (κ1) is 14.4. The first-order valence-corrected chi connectivity index (χ1v) is 7.86. The van der Waals surface area contributed by atoms with Crippen molar-refractivity contribution in [3.63, 3.8) is 0 Å². The summed E-state index contributed by atoms with van der Waals surface area (Å²) in [5.74, 6) is 0.241. The highest BCUT2D eigenvalue weighted by atomic mass is 16.5. The van der Waals surface area contributed by atoms with Crippen molar-refractivity contribution in [3.8, 4) is 0 Å². The quantitative estimate of drug-likeness (QED) is 0.909. The van der Waals surface area contributed by atoms with Gasteiger partial charge in [-0.3, -0.25) is 4.79 Å². The lowest BCUT2D eigenvalue weighted by Crippen LogP contribution is -2.46. The highest BCUT2D eigenvalue weighted by Crippen LogP contribution is 2.35. The normalized spacial score (nSPS) is 28.7. The number of nitrogens with zero attached hydrogens (tertiary/aromatic N) is 1. The first-order chi connectivity index (χ1) is 10.2. The van der Waals surface area contributed by atoms with E-state index in [1.165, 1.54) is 0 Å². The highest BCUT2D eigenvalue weighted by molar-refractivity contribution is 5.86. The van der Waals surface area contributed by atoms with Gasteiger partial charge < -0.3 is 15.0 Å². The fraction of sp³-hybridized carbons (Fsp3) is 0.588. The number of piperidine rings is 1. The number of rotatable bonds is 2. The van der Waals surface area contributed by atoms with E-state index in [1.807, 2.05) is 17.0 Å². The molecule has 2 heterocycles. The summed E-state index contributed by atoms with van der Waals surface area (Å²) in [6.07, 6.45) is 3.15. The smallest absolute Gasteiger partial charge is 0.230 e. The average molecular weight is 288 g/mol. The molecule has 0 radical (unpaired) electrons. The molecule has 3 rings (SSSR count). The van der Waals surface area contributed by atoms with Crippen LogP contribution in [0.5, 0.6) is 0 Å². The van der Waals surface area contributed by atoms with Crippen LogP contribution in [0.15, 0.2) is 24.3 Å². The molecule has 0 aromatic heterocycles. The van der Waals surface area contributed by atoms with Gasteiger partial charge in [-0.25, -0.2) is 0 Å². The van der Waals surface area contributed by atoms with Crippen LogP contribution in [0.3, 0.4) is 0 Å². The predicted molar refractivity (Wildman–Crippen MR) is 83.5 cm³/mol. The van der Waals surface area contributed by atoms with E-state index in [4.69, 9.17) is 4.74 Å². The molecule has 4 nitrogen and oxygen atoms in total. The molecule has 0 aliphatic carbocycles. The molecule has 2 aliphatic rings. The van der Waals surface area contributed by atoms with Crippen molar-refractivity contribution in [2.24, 2.45) is 0 Å². The molecule has 3 atom stereocenters. The molecule has 1 saturated heterocycles. The maximum absolute atomic E-state index is 13.0. The maximum Gasteiger partial charge on any atom is 0.230 e. The third-order valence-corrected chi connectivity index (χ3v) is 4.65. The van der Waals surface area contributed by atoms with Gasteiger partial charge >= 0.3 is 0 Å². The number of hydrogen-bond acceptors (Lipinski definition) is 3. The SMILES string of the molecule is COC1CCCN(C(=O)C2CC(C)Nc3ccccc32)C1. The van der Waals surface area contributed by atoms with Crippen molar-refractivity contribution in [1.29, 1.82) is 0 Å². The molecule has 1 fully saturated rings. The van der Waals surface area contributed by atoms with E-state index >= 15 is 0 Å². The largest absolute Gasteiger partial charge is 0.382 e. The number of fused-ring (bicyclic) bond motifs is 1. The van der Waals surface area contributed by atoms with Crippen LogP contribution in [-0.4, -0.2) is 43.2 Å². The van der Waals surface area contributed by atoms with Crippen LogP contribution in [0.25, 0.3) is 0 Å². The minimum atomic E-state index is -0.0203. The van der Waals surface area contributed by atoms with Gasteiger partial charge in [-0.1, -0.05) is 18.2 Å². The second-order valence-corrected chi connectivity index (χ2v) is 6.21. The summed E-state index contributed by atoms with van der Waals surface area (Å²) in [5, 5.41) is 3.47. The third kappa shape index (κ3) is 2.91. The summed E-state index contributed by atoms with van der Waals surface area (Å²) in [6, 6.07) is 8.52. The molecule has 1 aromatic carbocycles. The van der Waals surface area contributed by atoms with E-state index in [9.17, 15) is 4.79 Å². The average Bonchev–Trinajstić information content (AvgIpc) is 2.53. The fourth-order valence-electron chi connectivity index (χ4n) is 3.52. The lowest BCUT2D eigenvalue weighted by atomic mass is 9.86. The van der Waals surface area contributed by atoms with E-state index in [-0.39, 0.29) is 17.9 Å². The zero-order chi connectivity index (χ0) is 14.8. The molecule has 21 heavy (non-hydrogen) atoms. The number of ether oxygens (including phenoxy) is 1.